The Morgan fingerprint density at radius 1 is 1.27 bits per heavy atom. The fourth-order valence-corrected chi connectivity index (χ4v) is 2.42. The molecule has 0 bridgehead atoms. The van der Waals surface area contributed by atoms with Gasteiger partial charge in [0.15, 0.2) is 0 Å². The van der Waals surface area contributed by atoms with E-state index in [2.05, 4.69) is 16.4 Å². The lowest BCUT2D eigenvalue weighted by Crippen LogP contribution is -2.23. The van der Waals surface area contributed by atoms with E-state index in [1.54, 1.807) is 6.08 Å². The number of fused-ring (bicyclic) bond motifs is 1. The SMILES string of the molecule is Cc1ccc(/C=C/C(=O)NCCc2c[nH]c3ccccc23)o1. The fraction of sp³-hybridized carbons (Fsp3) is 0.167. The van der Waals surface area contributed by atoms with E-state index < -0.39 is 0 Å². The number of hydrogen-bond donors (Lipinski definition) is 2. The Labute approximate surface area is 128 Å². The van der Waals surface area contributed by atoms with E-state index >= 15 is 0 Å². The molecule has 0 unspecified atom stereocenters. The van der Waals surface area contributed by atoms with Crippen molar-refractivity contribution in [2.24, 2.45) is 0 Å². The quantitative estimate of drug-likeness (QED) is 0.708. The summed E-state index contributed by atoms with van der Waals surface area (Å²) in [6.07, 6.45) is 5.96. The van der Waals surface area contributed by atoms with Gasteiger partial charge in [0, 0.05) is 29.7 Å². The monoisotopic (exact) mass is 294 g/mol. The molecule has 0 atom stereocenters. The summed E-state index contributed by atoms with van der Waals surface area (Å²) in [7, 11) is 0. The molecule has 0 spiro atoms. The number of carbonyl (C=O) groups excluding carboxylic acids is 1. The predicted octanol–water partition coefficient (Wildman–Crippen LogP) is 3.44. The third-order valence-electron chi connectivity index (χ3n) is 3.53. The summed E-state index contributed by atoms with van der Waals surface area (Å²) in [5.41, 5.74) is 2.33. The Balaban J connectivity index is 1.52. The summed E-state index contributed by atoms with van der Waals surface area (Å²) in [6, 6.07) is 11.9. The van der Waals surface area contributed by atoms with Crippen LogP contribution in [-0.2, 0) is 11.2 Å². The van der Waals surface area contributed by atoms with Gasteiger partial charge in [-0.3, -0.25) is 4.79 Å². The van der Waals surface area contributed by atoms with Crippen molar-refractivity contribution in [1.29, 1.82) is 0 Å². The minimum atomic E-state index is -0.117. The number of hydrogen-bond acceptors (Lipinski definition) is 2. The van der Waals surface area contributed by atoms with Gasteiger partial charge >= 0.3 is 0 Å². The molecule has 2 aromatic heterocycles. The minimum Gasteiger partial charge on any atom is -0.462 e. The average Bonchev–Trinajstić information content (AvgIpc) is 3.12. The highest BCUT2D eigenvalue weighted by atomic mass is 16.3. The summed E-state index contributed by atoms with van der Waals surface area (Å²) < 4.78 is 5.37. The second-order valence-corrected chi connectivity index (χ2v) is 5.18. The molecule has 0 aliphatic carbocycles. The summed E-state index contributed by atoms with van der Waals surface area (Å²) in [4.78, 5) is 15.0. The Morgan fingerprint density at radius 3 is 2.95 bits per heavy atom. The predicted molar refractivity (Wildman–Crippen MR) is 87.5 cm³/mol. The maximum Gasteiger partial charge on any atom is 0.244 e. The average molecular weight is 294 g/mol. The molecule has 22 heavy (non-hydrogen) atoms. The molecular formula is C18H18N2O2. The molecule has 1 aromatic carbocycles. The molecule has 3 aromatic rings. The van der Waals surface area contributed by atoms with Gasteiger partial charge in [0.05, 0.1) is 0 Å². The molecule has 1 amide bonds. The van der Waals surface area contributed by atoms with Gasteiger partial charge in [0.2, 0.25) is 5.91 Å². The first kappa shape index (κ1) is 14.2. The maximum absolute atomic E-state index is 11.8. The van der Waals surface area contributed by atoms with E-state index in [0.29, 0.717) is 12.3 Å². The first-order valence-corrected chi connectivity index (χ1v) is 7.30. The van der Waals surface area contributed by atoms with Gasteiger partial charge in [-0.05, 0) is 43.2 Å². The van der Waals surface area contributed by atoms with E-state index in [9.17, 15) is 4.79 Å². The summed E-state index contributed by atoms with van der Waals surface area (Å²) in [6.45, 7) is 2.47. The molecule has 0 fully saturated rings. The first-order valence-electron chi connectivity index (χ1n) is 7.30. The highest BCUT2D eigenvalue weighted by Crippen LogP contribution is 2.17. The number of benzene rings is 1. The van der Waals surface area contributed by atoms with Crippen LogP contribution >= 0.6 is 0 Å². The molecule has 0 aliphatic rings. The van der Waals surface area contributed by atoms with Gasteiger partial charge in [-0.2, -0.15) is 0 Å². The van der Waals surface area contributed by atoms with E-state index in [1.165, 1.54) is 17.0 Å². The molecule has 0 radical (unpaired) electrons. The zero-order valence-corrected chi connectivity index (χ0v) is 12.4. The van der Waals surface area contributed by atoms with Crippen LogP contribution in [0.25, 0.3) is 17.0 Å². The van der Waals surface area contributed by atoms with Crippen molar-refractivity contribution >= 4 is 22.9 Å². The topological polar surface area (TPSA) is 58.0 Å². The van der Waals surface area contributed by atoms with Crippen LogP contribution in [0.3, 0.4) is 0 Å². The van der Waals surface area contributed by atoms with Crippen LogP contribution < -0.4 is 5.32 Å². The van der Waals surface area contributed by atoms with Crippen molar-refractivity contribution in [3.63, 3.8) is 0 Å². The van der Waals surface area contributed by atoms with Gasteiger partial charge < -0.3 is 14.7 Å². The van der Waals surface area contributed by atoms with E-state index in [-0.39, 0.29) is 5.91 Å². The lowest BCUT2D eigenvalue weighted by atomic mass is 10.1. The number of aromatic amines is 1. The van der Waals surface area contributed by atoms with E-state index in [4.69, 9.17) is 4.42 Å². The second kappa shape index (κ2) is 6.35. The third-order valence-corrected chi connectivity index (χ3v) is 3.53. The van der Waals surface area contributed by atoms with Crippen LogP contribution in [0.2, 0.25) is 0 Å². The maximum atomic E-state index is 11.8. The normalized spacial score (nSPS) is 11.3. The molecule has 0 saturated heterocycles. The van der Waals surface area contributed by atoms with Crippen molar-refractivity contribution in [3.05, 3.63) is 65.8 Å². The Hall–Kier alpha value is -2.75. The van der Waals surface area contributed by atoms with E-state index in [1.807, 2.05) is 43.5 Å². The summed E-state index contributed by atoms with van der Waals surface area (Å²) in [5, 5.41) is 4.09. The standard InChI is InChI=1S/C18H18N2O2/c1-13-6-7-15(22-13)8-9-18(21)19-11-10-14-12-20-17-5-3-2-4-16(14)17/h2-9,12,20H,10-11H2,1H3,(H,19,21)/b9-8+. The number of furan rings is 1. The molecule has 4 nitrogen and oxygen atoms in total. The number of rotatable bonds is 5. The highest BCUT2D eigenvalue weighted by molar-refractivity contribution is 5.91. The fourth-order valence-electron chi connectivity index (χ4n) is 2.42. The van der Waals surface area contributed by atoms with Gasteiger partial charge in [-0.1, -0.05) is 18.2 Å². The lowest BCUT2D eigenvalue weighted by Gasteiger charge is -2.01. The number of H-pyrrole nitrogens is 1. The van der Waals surface area contributed by atoms with Crippen molar-refractivity contribution < 1.29 is 9.21 Å². The first-order chi connectivity index (χ1) is 10.7. The number of nitrogens with one attached hydrogen (secondary N) is 2. The number of aryl methyl sites for hydroxylation is 1. The number of para-hydroxylation sites is 1. The van der Waals surface area contributed by atoms with Crippen LogP contribution in [-0.4, -0.2) is 17.4 Å². The third kappa shape index (κ3) is 3.28. The van der Waals surface area contributed by atoms with Gasteiger partial charge in [-0.15, -0.1) is 0 Å². The van der Waals surface area contributed by atoms with Gasteiger partial charge in [-0.25, -0.2) is 0 Å². The zero-order valence-electron chi connectivity index (χ0n) is 12.4. The second-order valence-electron chi connectivity index (χ2n) is 5.18. The Morgan fingerprint density at radius 2 is 2.14 bits per heavy atom. The number of carbonyl (C=O) groups is 1. The zero-order chi connectivity index (χ0) is 15.4. The van der Waals surface area contributed by atoms with Gasteiger partial charge in [0.25, 0.3) is 0 Å². The molecule has 2 heterocycles. The lowest BCUT2D eigenvalue weighted by molar-refractivity contribution is -0.116. The molecule has 0 saturated carbocycles. The molecule has 112 valence electrons. The highest BCUT2D eigenvalue weighted by Gasteiger charge is 2.03. The van der Waals surface area contributed by atoms with Crippen molar-refractivity contribution in [2.45, 2.75) is 13.3 Å². The van der Waals surface area contributed by atoms with Crippen LogP contribution in [0.15, 0.2) is 53.1 Å². The molecular weight excluding hydrogens is 276 g/mol. The summed E-state index contributed by atoms with van der Waals surface area (Å²) >= 11 is 0. The van der Waals surface area contributed by atoms with Gasteiger partial charge in [0.1, 0.15) is 11.5 Å². The van der Waals surface area contributed by atoms with Crippen LogP contribution in [0, 0.1) is 6.92 Å². The van der Waals surface area contributed by atoms with Crippen LogP contribution in [0.4, 0.5) is 0 Å². The van der Waals surface area contributed by atoms with E-state index in [0.717, 1.165) is 17.7 Å². The van der Waals surface area contributed by atoms with Crippen molar-refractivity contribution in [1.82, 2.24) is 10.3 Å². The molecule has 2 N–H and O–H groups in total. The Kier molecular flexibility index (Phi) is 4.10. The number of aromatic nitrogens is 1. The van der Waals surface area contributed by atoms with Crippen LogP contribution in [0.1, 0.15) is 17.1 Å². The van der Waals surface area contributed by atoms with Crippen molar-refractivity contribution in [2.75, 3.05) is 6.54 Å². The van der Waals surface area contributed by atoms with Crippen LogP contribution in [0.5, 0.6) is 0 Å². The minimum absolute atomic E-state index is 0.117. The molecule has 3 rings (SSSR count). The smallest absolute Gasteiger partial charge is 0.244 e. The molecule has 0 aliphatic heterocycles. The number of amides is 1. The molecule has 4 heteroatoms. The van der Waals surface area contributed by atoms with Crippen molar-refractivity contribution in [3.8, 4) is 0 Å². The summed E-state index contributed by atoms with van der Waals surface area (Å²) in [5.74, 6) is 1.40. The Bertz CT molecular complexity index is 811. The largest absolute Gasteiger partial charge is 0.462 e.